The summed E-state index contributed by atoms with van der Waals surface area (Å²) in [5, 5.41) is 14.3. The van der Waals surface area contributed by atoms with Gasteiger partial charge in [-0.1, -0.05) is 0 Å². The molecule has 0 bridgehead atoms. The maximum atomic E-state index is 10.9. The molecule has 2 rings (SSSR count). The first-order valence-corrected chi connectivity index (χ1v) is 6.10. The van der Waals surface area contributed by atoms with Crippen molar-refractivity contribution in [3.05, 3.63) is 40.1 Å². The van der Waals surface area contributed by atoms with Crippen molar-refractivity contribution in [1.29, 1.82) is 0 Å². The van der Waals surface area contributed by atoms with E-state index in [2.05, 4.69) is 5.32 Å². The zero-order valence-electron chi connectivity index (χ0n) is 11.3. The molecule has 7 nitrogen and oxygen atoms in total. The molecule has 7 heteroatoms. The molecule has 0 atom stereocenters. The molecule has 2 aromatic rings. The number of nitrogens with one attached hydrogen (secondary N) is 1. The van der Waals surface area contributed by atoms with Gasteiger partial charge in [-0.05, 0) is 18.1 Å². The number of nitro benzene ring substituents is 1. The number of aromatic nitrogens is 1. The van der Waals surface area contributed by atoms with Crippen LogP contribution in [0.3, 0.4) is 0 Å². The van der Waals surface area contributed by atoms with E-state index in [1.165, 1.54) is 26.2 Å². The van der Waals surface area contributed by atoms with Crippen LogP contribution in [0.15, 0.2) is 24.4 Å². The fourth-order valence-corrected chi connectivity index (χ4v) is 2.09. The quantitative estimate of drug-likeness (QED) is 0.659. The second kappa shape index (κ2) is 5.60. The maximum Gasteiger partial charge on any atom is 0.270 e. The molecule has 106 valence electrons. The summed E-state index contributed by atoms with van der Waals surface area (Å²) in [7, 11) is 1.53. The van der Waals surface area contributed by atoms with Crippen molar-refractivity contribution in [2.75, 3.05) is 13.7 Å². The Balaban J connectivity index is 2.38. The predicted octanol–water partition coefficient (Wildman–Crippen LogP) is 1.29. The van der Waals surface area contributed by atoms with Crippen molar-refractivity contribution in [2.24, 2.45) is 0 Å². The zero-order valence-corrected chi connectivity index (χ0v) is 11.3. The van der Waals surface area contributed by atoms with Gasteiger partial charge < -0.3 is 10.2 Å². The Bertz CT molecular complexity index is 663. The summed E-state index contributed by atoms with van der Waals surface area (Å²) in [5.74, 6) is -0.105. The number of hydrogen-bond donors (Lipinski definition) is 1. The third kappa shape index (κ3) is 2.71. The Labute approximate surface area is 115 Å². The lowest BCUT2D eigenvalue weighted by molar-refractivity contribution is -0.384. The second-order valence-corrected chi connectivity index (χ2v) is 4.35. The van der Waals surface area contributed by atoms with Crippen molar-refractivity contribution in [2.45, 2.75) is 13.3 Å². The van der Waals surface area contributed by atoms with Gasteiger partial charge in [-0.3, -0.25) is 14.9 Å². The van der Waals surface area contributed by atoms with Crippen LogP contribution in [0.2, 0.25) is 0 Å². The summed E-state index contributed by atoms with van der Waals surface area (Å²) >= 11 is 0. The first kappa shape index (κ1) is 13.9. The van der Waals surface area contributed by atoms with Crippen LogP contribution in [0, 0.1) is 10.1 Å². The highest BCUT2D eigenvalue weighted by Crippen LogP contribution is 2.25. The minimum Gasteiger partial charge on any atom is -0.417 e. The van der Waals surface area contributed by atoms with E-state index < -0.39 is 4.92 Å². The van der Waals surface area contributed by atoms with Crippen LogP contribution in [0.1, 0.15) is 12.5 Å². The summed E-state index contributed by atoms with van der Waals surface area (Å²) in [6.07, 6.45) is 2.35. The smallest absolute Gasteiger partial charge is 0.270 e. The minimum atomic E-state index is -0.429. The highest BCUT2D eigenvalue weighted by Gasteiger charge is 2.13. The third-order valence-electron chi connectivity index (χ3n) is 3.01. The largest absolute Gasteiger partial charge is 0.417 e. The van der Waals surface area contributed by atoms with Crippen molar-refractivity contribution >= 4 is 22.5 Å². The molecule has 1 N–H and O–H groups in total. The standard InChI is InChI=1S/C13H15N3O4/c1-9(17)14-6-5-10-8-15(20-2)13-4-3-11(16(18)19)7-12(10)13/h3-4,7-8H,5-6H2,1-2H3,(H,14,17). The lowest BCUT2D eigenvalue weighted by Gasteiger charge is -2.01. The molecule has 1 heterocycles. The SMILES string of the molecule is COn1cc(CCNC(C)=O)c2cc([N+](=O)[O-])ccc21. The molecular weight excluding hydrogens is 262 g/mol. The molecule has 20 heavy (non-hydrogen) atoms. The summed E-state index contributed by atoms with van der Waals surface area (Å²) in [4.78, 5) is 26.5. The van der Waals surface area contributed by atoms with Gasteiger partial charge in [-0.25, -0.2) is 0 Å². The van der Waals surface area contributed by atoms with E-state index in [0.717, 1.165) is 16.5 Å². The minimum absolute atomic E-state index is 0.0344. The van der Waals surface area contributed by atoms with Gasteiger partial charge in [-0.2, -0.15) is 4.73 Å². The van der Waals surface area contributed by atoms with Gasteiger partial charge in [-0.15, -0.1) is 0 Å². The average Bonchev–Trinajstić information content (AvgIpc) is 2.76. The Hall–Kier alpha value is -2.57. The number of non-ortho nitro benzene ring substituents is 1. The van der Waals surface area contributed by atoms with E-state index in [9.17, 15) is 14.9 Å². The monoisotopic (exact) mass is 277 g/mol. The van der Waals surface area contributed by atoms with Crippen molar-refractivity contribution in [1.82, 2.24) is 10.0 Å². The van der Waals surface area contributed by atoms with Gasteiger partial charge in [0.25, 0.3) is 5.69 Å². The molecule has 0 spiro atoms. The van der Waals surface area contributed by atoms with Crippen molar-refractivity contribution in [3.8, 4) is 0 Å². The van der Waals surface area contributed by atoms with Crippen molar-refractivity contribution in [3.63, 3.8) is 0 Å². The first-order chi connectivity index (χ1) is 9.52. The molecule has 0 aliphatic carbocycles. The van der Waals surface area contributed by atoms with E-state index in [1.807, 2.05) is 0 Å². The summed E-state index contributed by atoms with van der Waals surface area (Å²) in [6.45, 7) is 1.92. The molecular formula is C13H15N3O4. The van der Waals surface area contributed by atoms with E-state index in [-0.39, 0.29) is 11.6 Å². The number of nitrogens with zero attached hydrogens (tertiary/aromatic N) is 2. The summed E-state index contributed by atoms with van der Waals surface area (Å²) in [5.41, 5.74) is 1.68. The van der Waals surface area contributed by atoms with Crippen LogP contribution in [0.4, 0.5) is 5.69 Å². The molecule has 1 aromatic carbocycles. The van der Waals surface area contributed by atoms with Crippen LogP contribution in [-0.2, 0) is 11.2 Å². The predicted molar refractivity (Wildman–Crippen MR) is 73.5 cm³/mol. The molecule has 0 radical (unpaired) electrons. The fraction of sp³-hybridized carbons (Fsp3) is 0.308. The first-order valence-electron chi connectivity index (χ1n) is 6.10. The van der Waals surface area contributed by atoms with Crippen molar-refractivity contribution < 1.29 is 14.6 Å². The molecule has 0 aliphatic rings. The van der Waals surface area contributed by atoms with Gasteiger partial charge in [0.2, 0.25) is 5.91 Å². The Kier molecular flexibility index (Phi) is 3.88. The lowest BCUT2D eigenvalue weighted by Crippen LogP contribution is -2.22. The number of hydrogen-bond acceptors (Lipinski definition) is 4. The van der Waals surface area contributed by atoms with Crippen LogP contribution in [0.25, 0.3) is 10.9 Å². The number of amides is 1. The molecule has 0 saturated heterocycles. The van der Waals surface area contributed by atoms with Crippen LogP contribution < -0.4 is 10.2 Å². The van der Waals surface area contributed by atoms with Crippen LogP contribution in [-0.4, -0.2) is 29.2 Å². The van der Waals surface area contributed by atoms with Gasteiger partial charge >= 0.3 is 0 Å². The molecule has 0 saturated carbocycles. The number of carbonyl (C=O) groups is 1. The summed E-state index contributed by atoms with van der Waals surface area (Å²) in [6, 6.07) is 4.61. The topological polar surface area (TPSA) is 86.4 Å². The highest BCUT2D eigenvalue weighted by atomic mass is 16.6. The highest BCUT2D eigenvalue weighted by molar-refractivity contribution is 5.86. The third-order valence-corrected chi connectivity index (χ3v) is 3.01. The van der Waals surface area contributed by atoms with Gasteiger partial charge in [0.1, 0.15) is 7.11 Å². The molecule has 1 aromatic heterocycles. The number of fused-ring (bicyclic) bond motifs is 1. The number of benzene rings is 1. The normalized spacial score (nSPS) is 10.5. The Morgan fingerprint density at radius 3 is 2.85 bits per heavy atom. The van der Waals surface area contributed by atoms with E-state index in [1.54, 1.807) is 17.0 Å². The maximum absolute atomic E-state index is 10.9. The van der Waals surface area contributed by atoms with Gasteiger partial charge in [0, 0.05) is 37.2 Å². The number of carbonyl (C=O) groups excluding carboxylic acids is 1. The number of nitro groups is 1. The average molecular weight is 277 g/mol. The molecule has 1 amide bonds. The zero-order chi connectivity index (χ0) is 14.7. The fourth-order valence-electron chi connectivity index (χ4n) is 2.09. The molecule has 0 fully saturated rings. The van der Waals surface area contributed by atoms with Gasteiger partial charge in [0.15, 0.2) is 0 Å². The summed E-state index contributed by atoms with van der Waals surface area (Å²) < 4.78 is 1.56. The van der Waals surface area contributed by atoms with E-state index >= 15 is 0 Å². The second-order valence-electron chi connectivity index (χ2n) is 4.35. The number of rotatable bonds is 5. The molecule has 0 unspecified atom stereocenters. The van der Waals surface area contributed by atoms with Crippen LogP contribution in [0.5, 0.6) is 0 Å². The van der Waals surface area contributed by atoms with E-state index in [0.29, 0.717) is 13.0 Å². The van der Waals surface area contributed by atoms with E-state index in [4.69, 9.17) is 4.84 Å². The van der Waals surface area contributed by atoms with Crippen LogP contribution >= 0.6 is 0 Å². The van der Waals surface area contributed by atoms with Gasteiger partial charge in [0.05, 0.1) is 10.4 Å². The molecule has 0 aliphatic heterocycles. The lowest BCUT2D eigenvalue weighted by atomic mass is 10.1. The Morgan fingerprint density at radius 1 is 1.50 bits per heavy atom. The Morgan fingerprint density at radius 2 is 2.25 bits per heavy atom.